The molecule has 0 aliphatic heterocycles. The molecule has 0 aromatic carbocycles. The summed E-state index contributed by atoms with van der Waals surface area (Å²) < 4.78 is 0. The Bertz CT molecular complexity index is 134. The molecule has 4 heteroatoms. The highest BCUT2D eigenvalue weighted by Crippen LogP contribution is 2.01. The quantitative estimate of drug-likeness (QED) is 0.302. The molecule has 0 bridgehead atoms. The summed E-state index contributed by atoms with van der Waals surface area (Å²) in [5.74, 6) is 2.26. The molecule has 66 valence electrons. The molecule has 0 amide bonds. The molecule has 0 aromatic heterocycles. The molecule has 0 fully saturated rings. The summed E-state index contributed by atoms with van der Waals surface area (Å²) in [5, 5.41) is 0. The second kappa shape index (κ2) is 5.77. The Morgan fingerprint density at radius 2 is 2.00 bits per heavy atom. The van der Waals surface area contributed by atoms with Crippen LogP contribution in [0.25, 0.3) is 0 Å². The monoisotopic (exact) mass is 192 g/mol. The van der Waals surface area contributed by atoms with Gasteiger partial charge in [-0.2, -0.15) is 25.3 Å². The third-order valence-electron chi connectivity index (χ3n) is 1.49. The molecule has 0 saturated heterocycles. The van der Waals surface area contributed by atoms with Crippen molar-refractivity contribution in [3.05, 3.63) is 0 Å². The van der Waals surface area contributed by atoms with E-state index in [4.69, 9.17) is 0 Å². The molecule has 0 heterocycles. The van der Waals surface area contributed by atoms with Crippen LogP contribution >= 0.6 is 25.3 Å². The van der Waals surface area contributed by atoms with Crippen LogP contribution in [0.2, 0.25) is 0 Å². The Kier molecular flexibility index (Phi) is 5.86. The van der Waals surface area contributed by atoms with E-state index in [1.54, 1.807) is 0 Å². The minimum absolute atomic E-state index is 0.455. The van der Waals surface area contributed by atoms with Gasteiger partial charge in [-0.25, -0.2) is 0 Å². The van der Waals surface area contributed by atoms with Gasteiger partial charge in [0, 0.05) is 6.04 Å². The summed E-state index contributed by atoms with van der Waals surface area (Å²) in [6.07, 6.45) is 0. The van der Waals surface area contributed by atoms with Gasteiger partial charge in [0.2, 0.25) is 0 Å². The minimum Gasteiger partial charge on any atom is -0.349 e. The highest BCUT2D eigenvalue weighted by Gasteiger charge is 2.07. The Labute approximate surface area is 79.9 Å². The largest absolute Gasteiger partial charge is 0.349 e. The number of rotatable bonds is 3. The van der Waals surface area contributed by atoms with Gasteiger partial charge in [-0.15, -0.1) is 0 Å². The predicted octanol–water partition coefficient (Wildman–Crippen LogP) is 1.89. The normalized spacial score (nSPS) is 12.4. The van der Waals surface area contributed by atoms with Crippen LogP contribution in [0.1, 0.15) is 20.8 Å². The Morgan fingerprint density at radius 3 is 2.27 bits per heavy atom. The molecule has 0 unspecified atom stereocenters. The maximum atomic E-state index is 4.21. The van der Waals surface area contributed by atoms with E-state index in [0.29, 0.717) is 17.8 Å². The third-order valence-corrected chi connectivity index (χ3v) is 1.94. The van der Waals surface area contributed by atoms with Crippen LogP contribution in [0.15, 0.2) is 4.99 Å². The first kappa shape index (κ1) is 11.2. The van der Waals surface area contributed by atoms with Crippen LogP contribution in [0.4, 0.5) is 0 Å². The number of thiol groups is 2. The van der Waals surface area contributed by atoms with Crippen molar-refractivity contribution in [1.82, 2.24) is 4.90 Å². The number of aliphatic imine (C=N–C) groups is 1. The van der Waals surface area contributed by atoms with Crippen molar-refractivity contribution in [3.8, 4) is 0 Å². The van der Waals surface area contributed by atoms with Crippen molar-refractivity contribution in [2.45, 2.75) is 26.8 Å². The molecule has 0 rings (SSSR count). The van der Waals surface area contributed by atoms with E-state index in [0.717, 1.165) is 5.84 Å². The summed E-state index contributed by atoms with van der Waals surface area (Å²) >= 11 is 8.23. The second-order valence-corrected chi connectivity index (χ2v) is 3.12. The first-order valence-electron chi connectivity index (χ1n) is 3.63. The Morgan fingerprint density at radius 1 is 1.45 bits per heavy atom. The molecular formula is C7H16N2S2. The zero-order valence-electron chi connectivity index (χ0n) is 7.28. The number of amidine groups is 1. The fraction of sp³-hybridized carbons (Fsp3) is 0.857. The molecule has 0 aromatic rings. The molecule has 0 radical (unpaired) electrons. The van der Waals surface area contributed by atoms with E-state index in [9.17, 15) is 0 Å². The van der Waals surface area contributed by atoms with Crippen LogP contribution < -0.4 is 0 Å². The van der Waals surface area contributed by atoms with Crippen LogP contribution in [0.5, 0.6) is 0 Å². The Hall–Kier alpha value is 0.170. The lowest BCUT2D eigenvalue weighted by Crippen LogP contribution is -2.34. The van der Waals surface area contributed by atoms with Crippen molar-refractivity contribution in [2.75, 3.05) is 11.8 Å². The van der Waals surface area contributed by atoms with Gasteiger partial charge in [-0.05, 0) is 20.8 Å². The van der Waals surface area contributed by atoms with Crippen LogP contribution in [-0.2, 0) is 0 Å². The summed E-state index contributed by atoms with van der Waals surface area (Å²) in [7, 11) is 0. The van der Waals surface area contributed by atoms with Gasteiger partial charge in [-0.1, -0.05) is 0 Å². The van der Waals surface area contributed by atoms with E-state index in [1.807, 2.05) is 6.92 Å². The summed E-state index contributed by atoms with van der Waals surface area (Å²) in [5.41, 5.74) is 0. The van der Waals surface area contributed by atoms with Gasteiger partial charge in [0.1, 0.15) is 0 Å². The topological polar surface area (TPSA) is 15.6 Å². The number of hydrogen-bond acceptors (Lipinski definition) is 3. The molecule has 0 atom stereocenters. The van der Waals surface area contributed by atoms with Gasteiger partial charge in [0.25, 0.3) is 0 Å². The standard InChI is InChI=1S/C7H16N2S2/c1-6(2)9(5-11)7(3)8-4-10/h6,10-11H,4-5H2,1-3H3/b8-7-. The zero-order chi connectivity index (χ0) is 8.85. The van der Waals surface area contributed by atoms with E-state index >= 15 is 0 Å². The molecule has 0 aliphatic carbocycles. The fourth-order valence-electron chi connectivity index (χ4n) is 0.832. The summed E-state index contributed by atoms with van der Waals surface area (Å²) in [6, 6.07) is 0.455. The maximum Gasteiger partial charge on any atom is 0.0976 e. The van der Waals surface area contributed by atoms with E-state index < -0.39 is 0 Å². The first-order chi connectivity index (χ1) is 5.13. The lowest BCUT2D eigenvalue weighted by molar-refractivity contribution is 0.401. The minimum atomic E-state index is 0.455. The lowest BCUT2D eigenvalue weighted by atomic mass is 10.3. The zero-order valence-corrected chi connectivity index (χ0v) is 9.07. The van der Waals surface area contributed by atoms with Gasteiger partial charge in [0.15, 0.2) is 0 Å². The number of hydrogen-bond donors (Lipinski definition) is 2. The maximum absolute atomic E-state index is 4.21. The molecule has 2 nitrogen and oxygen atoms in total. The van der Waals surface area contributed by atoms with Crippen LogP contribution in [0, 0.1) is 0 Å². The lowest BCUT2D eigenvalue weighted by Gasteiger charge is -2.26. The predicted molar refractivity (Wildman–Crippen MR) is 57.8 cm³/mol. The molecule has 11 heavy (non-hydrogen) atoms. The van der Waals surface area contributed by atoms with Gasteiger partial charge < -0.3 is 4.90 Å². The van der Waals surface area contributed by atoms with Gasteiger partial charge in [-0.3, -0.25) is 4.99 Å². The van der Waals surface area contributed by atoms with Crippen molar-refractivity contribution < 1.29 is 0 Å². The third kappa shape index (κ3) is 3.91. The summed E-state index contributed by atoms with van der Waals surface area (Å²) in [4.78, 5) is 6.29. The van der Waals surface area contributed by atoms with Crippen molar-refractivity contribution in [1.29, 1.82) is 0 Å². The Balaban J connectivity index is 4.13. The molecule has 0 N–H and O–H groups in total. The highest BCUT2D eigenvalue weighted by atomic mass is 32.1. The second-order valence-electron chi connectivity index (χ2n) is 2.55. The highest BCUT2D eigenvalue weighted by molar-refractivity contribution is 7.80. The molecule has 0 spiro atoms. The van der Waals surface area contributed by atoms with E-state index in [1.165, 1.54) is 0 Å². The number of nitrogens with zero attached hydrogens (tertiary/aromatic N) is 2. The van der Waals surface area contributed by atoms with Crippen LogP contribution in [0.3, 0.4) is 0 Å². The molecule has 0 aliphatic rings. The summed E-state index contributed by atoms with van der Waals surface area (Å²) in [6.45, 7) is 6.22. The average molecular weight is 192 g/mol. The van der Waals surface area contributed by atoms with Gasteiger partial charge >= 0.3 is 0 Å². The van der Waals surface area contributed by atoms with E-state index in [2.05, 4.69) is 49.0 Å². The van der Waals surface area contributed by atoms with Crippen molar-refractivity contribution in [3.63, 3.8) is 0 Å². The van der Waals surface area contributed by atoms with Gasteiger partial charge in [0.05, 0.1) is 17.6 Å². The first-order valence-corrected chi connectivity index (χ1v) is 4.89. The van der Waals surface area contributed by atoms with E-state index in [-0.39, 0.29) is 0 Å². The molecular weight excluding hydrogens is 176 g/mol. The van der Waals surface area contributed by atoms with Crippen molar-refractivity contribution in [2.24, 2.45) is 4.99 Å². The van der Waals surface area contributed by atoms with Crippen molar-refractivity contribution >= 4 is 31.1 Å². The molecule has 0 saturated carbocycles. The fourth-order valence-corrected chi connectivity index (χ4v) is 1.57. The smallest absolute Gasteiger partial charge is 0.0976 e. The average Bonchev–Trinajstić information content (AvgIpc) is 1.88. The van der Waals surface area contributed by atoms with Crippen LogP contribution in [-0.4, -0.2) is 28.5 Å². The SMILES string of the molecule is C/C(=N/CS)N(CS)C(C)C.